The third-order valence-corrected chi connectivity index (χ3v) is 3.29. The van der Waals surface area contributed by atoms with Crippen LogP contribution in [0.4, 0.5) is 13.2 Å². The average molecular weight is 332 g/mol. The van der Waals surface area contributed by atoms with E-state index in [0.717, 1.165) is 18.2 Å². The summed E-state index contributed by atoms with van der Waals surface area (Å²) in [5.74, 6) is 0.268. The van der Waals surface area contributed by atoms with Gasteiger partial charge in [-0.25, -0.2) is 0 Å². The van der Waals surface area contributed by atoms with Crippen LogP contribution < -0.4 is 4.74 Å². The first-order chi connectivity index (χ1) is 9.81. The molecule has 108 valence electrons. The minimum atomic E-state index is -4.52. The summed E-state index contributed by atoms with van der Waals surface area (Å²) >= 11 is 11.6. The monoisotopic (exact) mass is 331 g/mol. The highest BCUT2D eigenvalue weighted by molar-refractivity contribution is 6.42. The van der Waals surface area contributed by atoms with Gasteiger partial charge in [-0.1, -0.05) is 23.2 Å². The molecule has 2 rings (SSSR count). The van der Waals surface area contributed by atoms with Gasteiger partial charge in [0.25, 0.3) is 0 Å². The van der Waals surface area contributed by atoms with Gasteiger partial charge in [-0.3, -0.25) is 0 Å². The van der Waals surface area contributed by atoms with Crippen LogP contribution in [0.2, 0.25) is 10.0 Å². The molecule has 0 aliphatic carbocycles. The van der Waals surface area contributed by atoms with E-state index in [-0.39, 0.29) is 22.1 Å². The van der Waals surface area contributed by atoms with Gasteiger partial charge in [-0.2, -0.15) is 18.4 Å². The summed E-state index contributed by atoms with van der Waals surface area (Å²) in [5.41, 5.74) is -1.14. The fourth-order valence-electron chi connectivity index (χ4n) is 1.55. The number of alkyl halides is 3. The molecule has 0 bridgehead atoms. The van der Waals surface area contributed by atoms with Gasteiger partial charge in [0.2, 0.25) is 0 Å². The quantitative estimate of drug-likeness (QED) is 0.709. The average Bonchev–Trinajstić information content (AvgIpc) is 2.42. The largest absolute Gasteiger partial charge is 0.456 e. The highest BCUT2D eigenvalue weighted by atomic mass is 35.5. The van der Waals surface area contributed by atoms with Crippen LogP contribution in [0.25, 0.3) is 0 Å². The minimum absolute atomic E-state index is 0.00360. The summed E-state index contributed by atoms with van der Waals surface area (Å²) in [7, 11) is 0. The lowest BCUT2D eigenvalue weighted by Gasteiger charge is -2.11. The molecule has 0 aromatic heterocycles. The Morgan fingerprint density at radius 3 is 2.29 bits per heavy atom. The molecule has 0 spiro atoms. The zero-order valence-electron chi connectivity index (χ0n) is 10.2. The van der Waals surface area contributed by atoms with Crippen LogP contribution in [0.1, 0.15) is 11.1 Å². The first-order valence-corrected chi connectivity index (χ1v) is 6.31. The summed E-state index contributed by atoms with van der Waals surface area (Å²) < 4.78 is 43.1. The molecule has 0 aliphatic heterocycles. The highest BCUT2D eigenvalue weighted by Crippen LogP contribution is 2.35. The van der Waals surface area contributed by atoms with Crippen LogP contribution in [0, 0.1) is 11.3 Å². The van der Waals surface area contributed by atoms with Gasteiger partial charge in [0.1, 0.15) is 17.6 Å². The van der Waals surface area contributed by atoms with Gasteiger partial charge in [0, 0.05) is 6.07 Å². The second-order valence-electron chi connectivity index (χ2n) is 4.00. The van der Waals surface area contributed by atoms with Crippen molar-refractivity contribution in [2.24, 2.45) is 0 Å². The first-order valence-electron chi connectivity index (χ1n) is 5.55. The molecular weight excluding hydrogens is 326 g/mol. The van der Waals surface area contributed by atoms with E-state index in [9.17, 15) is 13.2 Å². The summed E-state index contributed by atoms with van der Waals surface area (Å²) in [4.78, 5) is 0. The fraction of sp³-hybridized carbons (Fsp3) is 0.0714. The Morgan fingerprint density at radius 1 is 1.00 bits per heavy atom. The van der Waals surface area contributed by atoms with Gasteiger partial charge in [-0.15, -0.1) is 0 Å². The fourth-order valence-corrected chi connectivity index (χ4v) is 1.84. The van der Waals surface area contributed by atoms with Crippen molar-refractivity contribution in [2.45, 2.75) is 6.18 Å². The number of hydrogen-bond acceptors (Lipinski definition) is 2. The van der Waals surface area contributed by atoms with Crippen LogP contribution in [0.15, 0.2) is 36.4 Å². The van der Waals surface area contributed by atoms with E-state index in [1.807, 2.05) is 0 Å². The molecule has 0 heterocycles. The molecule has 0 radical (unpaired) electrons. The summed E-state index contributed by atoms with van der Waals surface area (Å²) in [6.07, 6.45) is -4.52. The van der Waals surface area contributed by atoms with E-state index in [2.05, 4.69) is 0 Å². The lowest BCUT2D eigenvalue weighted by atomic mass is 10.1. The SMILES string of the molecule is N#Cc1cc(C(F)(F)F)ccc1Oc1ccc(Cl)c(Cl)c1. The number of halogens is 5. The van der Waals surface area contributed by atoms with E-state index in [1.54, 1.807) is 6.07 Å². The Balaban J connectivity index is 2.36. The summed E-state index contributed by atoms with van der Waals surface area (Å²) in [6.45, 7) is 0. The Labute approximate surface area is 128 Å². The maximum Gasteiger partial charge on any atom is 0.416 e. The van der Waals surface area contributed by atoms with Crippen molar-refractivity contribution in [2.75, 3.05) is 0 Å². The normalized spacial score (nSPS) is 11.0. The van der Waals surface area contributed by atoms with Crippen LogP contribution >= 0.6 is 23.2 Å². The van der Waals surface area contributed by atoms with Gasteiger partial charge in [0.15, 0.2) is 0 Å². The number of nitriles is 1. The van der Waals surface area contributed by atoms with E-state index in [4.69, 9.17) is 33.2 Å². The molecule has 2 nitrogen and oxygen atoms in total. The number of ether oxygens (including phenoxy) is 1. The maximum atomic E-state index is 12.6. The van der Waals surface area contributed by atoms with Gasteiger partial charge in [-0.05, 0) is 30.3 Å². The third-order valence-electron chi connectivity index (χ3n) is 2.55. The van der Waals surface area contributed by atoms with Crippen LogP contribution in [-0.4, -0.2) is 0 Å². The Kier molecular flexibility index (Phi) is 4.31. The predicted molar refractivity (Wildman–Crippen MR) is 72.7 cm³/mol. The van der Waals surface area contributed by atoms with E-state index in [0.29, 0.717) is 5.02 Å². The topological polar surface area (TPSA) is 33.0 Å². The van der Waals surface area contributed by atoms with Crippen LogP contribution in [-0.2, 0) is 6.18 Å². The van der Waals surface area contributed by atoms with Crippen molar-refractivity contribution in [3.63, 3.8) is 0 Å². The van der Waals surface area contributed by atoms with Gasteiger partial charge in [0.05, 0.1) is 21.2 Å². The Hall–Kier alpha value is -1.90. The highest BCUT2D eigenvalue weighted by Gasteiger charge is 2.31. The number of benzene rings is 2. The van der Waals surface area contributed by atoms with E-state index in [1.165, 1.54) is 18.2 Å². The molecule has 0 unspecified atom stereocenters. The molecule has 21 heavy (non-hydrogen) atoms. The number of rotatable bonds is 2. The lowest BCUT2D eigenvalue weighted by Crippen LogP contribution is -2.05. The molecule has 7 heteroatoms. The van der Waals surface area contributed by atoms with Crippen molar-refractivity contribution >= 4 is 23.2 Å². The van der Waals surface area contributed by atoms with Crippen LogP contribution in [0.3, 0.4) is 0 Å². The molecule has 2 aromatic rings. The zero-order valence-corrected chi connectivity index (χ0v) is 11.7. The van der Waals surface area contributed by atoms with Crippen molar-refractivity contribution in [1.29, 1.82) is 5.26 Å². The number of hydrogen-bond donors (Lipinski definition) is 0. The lowest BCUT2D eigenvalue weighted by molar-refractivity contribution is -0.137. The Morgan fingerprint density at radius 2 is 1.71 bits per heavy atom. The molecule has 0 saturated heterocycles. The molecule has 0 atom stereocenters. The first kappa shape index (κ1) is 15.5. The van der Waals surface area contributed by atoms with Crippen molar-refractivity contribution < 1.29 is 17.9 Å². The molecule has 0 fully saturated rings. The Bertz CT molecular complexity index is 723. The molecule has 2 aromatic carbocycles. The standard InChI is InChI=1S/C14H6Cl2F3NO/c15-11-3-2-10(6-12(11)16)21-13-4-1-9(14(17,18)19)5-8(13)7-20/h1-6H. The predicted octanol–water partition coefficient (Wildman–Crippen LogP) is 5.68. The molecule has 0 aliphatic rings. The van der Waals surface area contributed by atoms with Crippen LogP contribution in [0.5, 0.6) is 11.5 Å². The van der Waals surface area contributed by atoms with Crippen molar-refractivity contribution in [3.8, 4) is 17.6 Å². The zero-order chi connectivity index (χ0) is 15.6. The smallest absolute Gasteiger partial charge is 0.416 e. The van der Waals surface area contributed by atoms with Gasteiger partial charge >= 0.3 is 6.18 Å². The van der Waals surface area contributed by atoms with Crippen molar-refractivity contribution in [1.82, 2.24) is 0 Å². The third kappa shape index (κ3) is 3.60. The maximum absolute atomic E-state index is 12.6. The minimum Gasteiger partial charge on any atom is -0.456 e. The number of nitrogens with zero attached hydrogens (tertiary/aromatic N) is 1. The molecule has 0 saturated carbocycles. The second-order valence-corrected chi connectivity index (χ2v) is 4.81. The van der Waals surface area contributed by atoms with Gasteiger partial charge < -0.3 is 4.74 Å². The molecule has 0 N–H and O–H groups in total. The summed E-state index contributed by atoms with van der Waals surface area (Å²) in [5, 5.41) is 9.49. The molecular formula is C14H6Cl2F3NO. The molecule has 0 amide bonds. The van der Waals surface area contributed by atoms with Crippen molar-refractivity contribution in [3.05, 3.63) is 57.6 Å². The summed E-state index contributed by atoms with van der Waals surface area (Å²) in [6, 6.07) is 8.71. The second kappa shape index (κ2) is 5.84. The van der Waals surface area contributed by atoms with E-state index < -0.39 is 11.7 Å². The van der Waals surface area contributed by atoms with E-state index >= 15 is 0 Å².